The van der Waals surface area contributed by atoms with Crippen LogP contribution in [0.3, 0.4) is 0 Å². The van der Waals surface area contributed by atoms with Gasteiger partial charge in [0.1, 0.15) is 0 Å². The van der Waals surface area contributed by atoms with E-state index in [4.69, 9.17) is 5.11 Å². The van der Waals surface area contributed by atoms with Crippen molar-refractivity contribution in [2.45, 2.75) is 71.1 Å². The minimum absolute atomic E-state index is 0.00289. The van der Waals surface area contributed by atoms with Gasteiger partial charge in [0.05, 0.1) is 6.61 Å². The molecule has 0 unspecified atom stereocenters. The normalized spacial score (nSPS) is 12.2. The summed E-state index contributed by atoms with van der Waals surface area (Å²) in [4.78, 5) is 11.3. The molecule has 0 radical (unpaired) electrons. The number of allylic oxidation sites excluding steroid dienone is 8. The lowest BCUT2D eigenvalue weighted by Gasteiger charge is -2.00. The zero-order valence-corrected chi connectivity index (χ0v) is 16.0. The fraction of sp³-hybridized carbons (Fsp3) is 0.591. The van der Waals surface area contributed by atoms with Crippen molar-refractivity contribution in [3.8, 4) is 0 Å². The van der Waals surface area contributed by atoms with Crippen LogP contribution in [0, 0.1) is 0 Å². The maximum Gasteiger partial charge on any atom is 0.220 e. The molecule has 0 atom stereocenters. The van der Waals surface area contributed by atoms with Gasteiger partial charge in [0, 0.05) is 13.0 Å². The van der Waals surface area contributed by atoms with E-state index in [0.717, 1.165) is 32.1 Å². The van der Waals surface area contributed by atoms with Crippen molar-refractivity contribution in [2.24, 2.45) is 0 Å². The van der Waals surface area contributed by atoms with Gasteiger partial charge in [0.15, 0.2) is 0 Å². The molecule has 0 aromatic rings. The number of unbranched alkanes of at least 4 members (excludes halogenated alkanes) is 4. The summed E-state index contributed by atoms with van der Waals surface area (Å²) in [5.74, 6) is 0.0185. The summed E-state index contributed by atoms with van der Waals surface area (Å²) in [6.07, 6.45) is 28.0. The van der Waals surface area contributed by atoms with E-state index < -0.39 is 0 Å². The van der Waals surface area contributed by atoms with Crippen molar-refractivity contribution in [3.63, 3.8) is 0 Å². The molecule has 3 nitrogen and oxygen atoms in total. The molecular formula is C22H37NO2. The summed E-state index contributed by atoms with van der Waals surface area (Å²) in [5, 5.41) is 11.2. The number of amides is 1. The Bertz CT molecular complexity index is 408. The second kappa shape index (κ2) is 20.4. The standard InChI is InChI=1S/C22H37NO2/c1-2-3-4-5-6-7-8-9-10-11-12-13-14-15-16-17-18-19-22(25)23-20-21-24/h6-7,9-10,12-13,15-16,24H,2-5,8,11,14,17-21H2,1H3,(H,23,25)/b7-6+,10-9+,13-12+,16-15+. The third kappa shape index (κ3) is 20.3. The molecule has 1 amide bonds. The van der Waals surface area contributed by atoms with Crippen molar-refractivity contribution in [2.75, 3.05) is 13.2 Å². The second-order valence-electron chi connectivity index (χ2n) is 6.05. The van der Waals surface area contributed by atoms with Crippen LogP contribution in [-0.4, -0.2) is 24.2 Å². The summed E-state index contributed by atoms with van der Waals surface area (Å²) in [6.45, 7) is 2.59. The fourth-order valence-corrected chi connectivity index (χ4v) is 2.23. The molecule has 0 saturated heterocycles. The van der Waals surface area contributed by atoms with Crippen LogP contribution in [0.25, 0.3) is 0 Å². The van der Waals surface area contributed by atoms with Gasteiger partial charge >= 0.3 is 0 Å². The first-order valence-electron chi connectivity index (χ1n) is 9.78. The minimum Gasteiger partial charge on any atom is -0.395 e. The molecule has 3 heteroatoms. The second-order valence-corrected chi connectivity index (χ2v) is 6.05. The van der Waals surface area contributed by atoms with Crippen LogP contribution in [0.4, 0.5) is 0 Å². The predicted molar refractivity (Wildman–Crippen MR) is 108 cm³/mol. The van der Waals surface area contributed by atoms with Crippen LogP contribution < -0.4 is 5.32 Å². The third-order valence-corrected chi connectivity index (χ3v) is 3.67. The van der Waals surface area contributed by atoms with E-state index >= 15 is 0 Å². The Morgan fingerprint density at radius 3 is 1.84 bits per heavy atom. The summed E-state index contributed by atoms with van der Waals surface area (Å²) in [5.41, 5.74) is 0. The van der Waals surface area contributed by atoms with E-state index in [9.17, 15) is 4.79 Å². The number of rotatable bonds is 16. The molecule has 0 spiro atoms. The SMILES string of the molecule is CCCCC/C=C/C/C=C/C/C=C/C/C=C/CCCC(=O)NCCO. The first kappa shape index (κ1) is 23.4. The molecule has 0 rings (SSSR count). The zero-order chi connectivity index (χ0) is 18.4. The van der Waals surface area contributed by atoms with E-state index in [1.54, 1.807) is 0 Å². The molecule has 0 aliphatic carbocycles. The van der Waals surface area contributed by atoms with Crippen LogP contribution in [0.1, 0.15) is 71.1 Å². The summed E-state index contributed by atoms with van der Waals surface area (Å²) in [6, 6.07) is 0. The highest BCUT2D eigenvalue weighted by Gasteiger charge is 1.97. The van der Waals surface area contributed by atoms with Crippen LogP contribution >= 0.6 is 0 Å². The third-order valence-electron chi connectivity index (χ3n) is 3.67. The van der Waals surface area contributed by atoms with Crippen molar-refractivity contribution in [1.29, 1.82) is 0 Å². The first-order valence-corrected chi connectivity index (χ1v) is 9.78. The van der Waals surface area contributed by atoms with Crippen molar-refractivity contribution in [1.82, 2.24) is 5.32 Å². The van der Waals surface area contributed by atoms with Crippen LogP contribution in [0.5, 0.6) is 0 Å². The highest BCUT2D eigenvalue weighted by Crippen LogP contribution is 2.01. The average molecular weight is 348 g/mol. The van der Waals surface area contributed by atoms with Gasteiger partial charge in [-0.2, -0.15) is 0 Å². The van der Waals surface area contributed by atoms with E-state index in [0.29, 0.717) is 13.0 Å². The van der Waals surface area contributed by atoms with E-state index in [2.05, 4.69) is 60.8 Å². The number of carbonyl (C=O) groups excluding carboxylic acids is 1. The van der Waals surface area contributed by atoms with Crippen LogP contribution in [0.15, 0.2) is 48.6 Å². The number of aliphatic hydroxyl groups excluding tert-OH is 1. The van der Waals surface area contributed by atoms with E-state index in [-0.39, 0.29) is 12.5 Å². The molecule has 2 N–H and O–H groups in total. The monoisotopic (exact) mass is 347 g/mol. The highest BCUT2D eigenvalue weighted by atomic mass is 16.3. The van der Waals surface area contributed by atoms with Gasteiger partial charge in [0.25, 0.3) is 0 Å². The molecule has 25 heavy (non-hydrogen) atoms. The average Bonchev–Trinajstić information content (AvgIpc) is 2.62. The molecule has 0 heterocycles. The maximum absolute atomic E-state index is 11.3. The molecular weight excluding hydrogens is 310 g/mol. The van der Waals surface area contributed by atoms with Gasteiger partial charge in [-0.25, -0.2) is 0 Å². The number of aliphatic hydroxyl groups is 1. The van der Waals surface area contributed by atoms with Gasteiger partial charge in [-0.05, 0) is 44.9 Å². The quantitative estimate of drug-likeness (QED) is 0.296. The topological polar surface area (TPSA) is 49.3 Å². The summed E-state index contributed by atoms with van der Waals surface area (Å²) in [7, 11) is 0. The molecule has 142 valence electrons. The molecule has 0 aromatic heterocycles. The largest absolute Gasteiger partial charge is 0.395 e. The van der Waals surface area contributed by atoms with Crippen molar-refractivity contribution in [3.05, 3.63) is 48.6 Å². The number of hydrogen-bond acceptors (Lipinski definition) is 2. The van der Waals surface area contributed by atoms with Gasteiger partial charge in [-0.1, -0.05) is 68.4 Å². The van der Waals surface area contributed by atoms with E-state index in [1.807, 2.05) is 0 Å². The Hall–Kier alpha value is -1.61. The van der Waals surface area contributed by atoms with Crippen molar-refractivity contribution >= 4 is 5.91 Å². The van der Waals surface area contributed by atoms with Crippen LogP contribution in [0.2, 0.25) is 0 Å². The molecule has 0 bridgehead atoms. The number of nitrogens with one attached hydrogen (secondary N) is 1. The summed E-state index contributed by atoms with van der Waals surface area (Å²) >= 11 is 0. The number of hydrogen-bond donors (Lipinski definition) is 2. The molecule has 0 saturated carbocycles. The van der Waals surface area contributed by atoms with Crippen LogP contribution in [-0.2, 0) is 4.79 Å². The van der Waals surface area contributed by atoms with Gasteiger partial charge in [0.2, 0.25) is 5.91 Å². The Balaban J connectivity index is 3.44. The van der Waals surface area contributed by atoms with Gasteiger partial charge in [-0.15, -0.1) is 0 Å². The lowest BCUT2D eigenvalue weighted by molar-refractivity contribution is -0.121. The highest BCUT2D eigenvalue weighted by molar-refractivity contribution is 5.75. The Labute approximate surface area is 154 Å². The predicted octanol–water partition coefficient (Wildman–Crippen LogP) is 5.24. The fourth-order valence-electron chi connectivity index (χ4n) is 2.23. The minimum atomic E-state index is 0.00289. The molecule has 0 fully saturated rings. The van der Waals surface area contributed by atoms with Gasteiger partial charge in [-0.3, -0.25) is 4.79 Å². The lowest BCUT2D eigenvalue weighted by Crippen LogP contribution is -2.25. The lowest BCUT2D eigenvalue weighted by atomic mass is 10.2. The molecule has 0 aliphatic heterocycles. The molecule has 0 aliphatic rings. The zero-order valence-electron chi connectivity index (χ0n) is 16.0. The Morgan fingerprint density at radius 2 is 1.32 bits per heavy atom. The number of carbonyl (C=O) groups is 1. The maximum atomic E-state index is 11.3. The van der Waals surface area contributed by atoms with E-state index in [1.165, 1.54) is 25.7 Å². The first-order chi connectivity index (χ1) is 12.3. The Kier molecular flexibility index (Phi) is 19.1. The Morgan fingerprint density at radius 1 is 0.800 bits per heavy atom. The summed E-state index contributed by atoms with van der Waals surface area (Å²) < 4.78 is 0. The van der Waals surface area contributed by atoms with Crippen molar-refractivity contribution < 1.29 is 9.90 Å². The smallest absolute Gasteiger partial charge is 0.220 e. The van der Waals surface area contributed by atoms with Gasteiger partial charge < -0.3 is 10.4 Å². The molecule has 0 aromatic carbocycles.